The van der Waals surface area contributed by atoms with E-state index < -0.39 is 0 Å². The maximum absolute atomic E-state index is 11.4. The third-order valence-corrected chi connectivity index (χ3v) is 2.51. The molecule has 0 aliphatic heterocycles. The summed E-state index contributed by atoms with van der Waals surface area (Å²) in [5, 5.41) is 0. The first kappa shape index (κ1) is 14.4. The quantitative estimate of drug-likeness (QED) is 0.547. The molecular formula is C12H25NO2. The summed E-state index contributed by atoms with van der Waals surface area (Å²) >= 11 is 0. The Kier molecular flexibility index (Phi) is 6.57. The van der Waals surface area contributed by atoms with Gasteiger partial charge in [0.2, 0.25) is 0 Å². The summed E-state index contributed by atoms with van der Waals surface area (Å²) in [5.74, 6) is -0.173. The maximum atomic E-state index is 11.4. The van der Waals surface area contributed by atoms with Crippen molar-refractivity contribution < 1.29 is 9.53 Å². The smallest absolute Gasteiger partial charge is 0.307 e. The largest absolute Gasteiger partial charge is 0.466 e. The van der Waals surface area contributed by atoms with Crippen LogP contribution >= 0.6 is 0 Å². The molecule has 0 spiro atoms. The van der Waals surface area contributed by atoms with Gasteiger partial charge in [-0.15, -0.1) is 0 Å². The fraction of sp³-hybridized carbons (Fsp3) is 0.917. The van der Waals surface area contributed by atoms with Gasteiger partial charge in [0.05, 0.1) is 13.0 Å². The summed E-state index contributed by atoms with van der Waals surface area (Å²) in [5.41, 5.74) is 5.84. The van der Waals surface area contributed by atoms with Crippen molar-refractivity contribution in [2.24, 2.45) is 11.1 Å². The van der Waals surface area contributed by atoms with Gasteiger partial charge in [-0.2, -0.15) is 0 Å². The molecule has 2 N–H and O–H groups in total. The molecule has 0 aromatic heterocycles. The van der Waals surface area contributed by atoms with Crippen LogP contribution < -0.4 is 5.73 Å². The summed E-state index contributed by atoms with van der Waals surface area (Å²) in [6.07, 6.45) is 3.51. The van der Waals surface area contributed by atoms with Gasteiger partial charge in [-0.3, -0.25) is 4.79 Å². The van der Waals surface area contributed by atoms with Crippen molar-refractivity contribution in [2.75, 3.05) is 6.61 Å². The van der Waals surface area contributed by atoms with Gasteiger partial charge >= 0.3 is 5.97 Å². The van der Waals surface area contributed by atoms with Crippen molar-refractivity contribution in [3.63, 3.8) is 0 Å². The molecule has 0 aromatic rings. The van der Waals surface area contributed by atoms with Gasteiger partial charge in [0.1, 0.15) is 0 Å². The predicted octanol–water partition coefficient (Wildman–Crippen LogP) is 2.48. The van der Waals surface area contributed by atoms with E-state index in [-0.39, 0.29) is 17.4 Å². The molecule has 0 saturated carbocycles. The van der Waals surface area contributed by atoms with Crippen LogP contribution in [0.15, 0.2) is 0 Å². The van der Waals surface area contributed by atoms with Crippen molar-refractivity contribution >= 4 is 5.97 Å². The van der Waals surface area contributed by atoms with Gasteiger partial charge < -0.3 is 10.5 Å². The minimum Gasteiger partial charge on any atom is -0.466 e. The number of hydrogen-bond acceptors (Lipinski definition) is 3. The van der Waals surface area contributed by atoms with Gasteiger partial charge in [0.25, 0.3) is 0 Å². The Labute approximate surface area is 93.4 Å². The molecule has 1 unspecified atom stereocenters. The standard InChI is InChI=1S/C12H25NO2/c1-5-6-7-8-15-11(14)9-10(13)12(2,3)4/h10H,5-9,13H2,1-4H3. The lowest BCUT2D eigenvalue weighted by atomic mass is 9.85. The van der Waals surface area contributed by atoms with E-state index in [9.17, 15) is 4.79 Å². The molecule has 3 heteroatoms. The van der Waals surface area contributed by atoms with Crippen LogP contribution in [0.3, 0.4) is 0 Å². The van der Waals surface area contributed by atoms with Gasteiger partial charge in [-0.1, -0.05) is 40.5 Å². The minimum atomic E-state index is -0.173. The van der Waals surface area contributed by atoms with E-state index >= 15 is 0 Å². The third kappa shape index (κ3) is 7.37. The second kappa shape index (κ2) is 6.83. The van der Waals surface area contributed by atoms with Crippen molar-refractivity contribution in [2.45, 2.75) is 59.4 Å². The Bertz CT molecular complexity index is 185. The molecule has 3 nitrogen and oxygen atoms in total. The lowest BCUT2D eigenvalue weighted by Gasteiger charge is -2.26. The van der Waals surface area contributed by atoms with E-state index in [0.29, 0.717) is 13.0 Å². The van der Waals surface area contributed by atoms with Crippen LogP contribution in [-0.2, 0) is 9.53 Å². The van der Waals surface area contributed by atoms with Crippen LogP contribution in [-0.4, -0.2) is 18.6 Å². The van der Waals surface area contributed by atoms with Gasteiger partial charge in [-0.25, -0.2) is 0 Å². The number of hydrogen-bond donors (Lipinski definition) is 1. The van der Waals surface area contributed by atoms with Crippen molar-refractivity contribution in [3.05, 3.63) is 0 Å². The first-order chi connectivity index (χ1) is 6.88. The fourth-order valence-electron chi connectivity index (χ4n) is 1.08. The van der Waals surface area contributed by atoms with Crippen LogP contribution in [0.4, 0.5) is 0 Å². The first-order valence-electron chi connectivity index (χ1n) is 5.79. The van der Waals surface area contributed by atoms with Crippen molar-refractivity contribution in [1.82, 2.24) is 0 Å². The highest BCUT2D eigenvalue weighted by atomic mass is 16.5. The number of ether oxygens (including phenoxy) is 1. The summed E-state index contributed by atoms with van der Waals surface area (Å²) in [6, 6.07) is -0.129. The van der Waals surface area contributed by atoms with Crippen LogP contribution in [0.1, 0.15) is 53.4 Å². The maximum Gasteiger partial charge on any atom is 0.307 e. The topological polar surface area (TPSA) is 52.3 Å². The molecule has 1 atom stereocenters. The van der Waals surface area contributed by atoms with Crippen molar-refractivity contribution in [3.8, 4) is 0 Å². The zero-order valence-corrected chi connectivity index (χ0v) is 10.5. The van der Waals surface area contributed by atoms with E-state index in [2.05, 4.69) is 6.92 Å². The second-order valence-electron chi connectivity index (χ2n) is 5.10. The Balaban J connectivity index is 3.65. The normalized spacial score (nSPS) is 13.7. The number of nitrogens with two attached hydrogens (primary N) is 1. The predicted molar refractivity (Wildman–Crippen MR) is 62.5 cm³/mol. The van der Waals surface area contributed by atoms with Gasteiger partial charge in [0.15, 0.2) is 0 Å². The highest BCUT2D eigenvalue weighted by Gasteiger charge is 2.23. The fourth-order valence-corrected chi connectivity index (χ4v) is 1.08. The van der Waals surface area contributed by atoms with Crippen molar-refractivity contribution in [1.29, 1.82) is 0 Å². The molecule has 90 valence electrons. The average Bonchev–Trinajstić information content (AvgIpc) is 2.11. The van der Waals surface area contributed by atoms with Crippen LogP contribution in [0, 0.1) is 5.41 Å². The average molecular weight is 215 g/mol. The molecule has 0 bridgehead atoms. The summed E-state index contributed by atoms with van der Waals surface area (Å²) in [4.78, 5) is 11.4. The van der Waals surface area contributed by atoms with E-state index in [0.717, 1.165) is 19.3 Å². The minimum absolute atomic E-state index is 0.0392. The number of rotatable bonds is 6. The third-order valence-electron chi connectivity index (χ3n) is 2.51. The van der Waals surface area contributed by atoms with E-state index in [1.165, 1.54) is 0 Å². The number of carbonyl (C=O) groups is 1. The van der Waals surface area contributed by atoms with Crippen LogP contribution in [0.2, 0.25) is 0 Å². The Morgan fingerprint density at radius 1 is 1.33 bits per heavy atom. The molecular weight excluding hydrogens is 190 g/mol. The Hall–Kier alpha value is -0.570. The molecule has 0 fully saturated rings. The molecule has 0 amide bonds. The van der Waals surface area contributed by atoms with Gasteiger partial charge in [-0.05, 0) is 11.8 Å². The molecule has 0 radical (unpaired) electrons. The summed E-state index contributed by atoms with van der Waals surface area (Å²) < 4.78 is 5.09. The highest BCUT2D eigenvalue weighted by molar-refractivity contribution is 5.70. The van der Waals surface area contributed by atoms with Crippen LogP contribution in [0.5, 0.6) is 0 Å². The van der Waals surface area contributed by atoms with E-state index in [4.69, 9.17) is 10.5 Å². The van der Waals surface area contributed by atoms with E-state index in [1.54, 1.807) is 0 Å². The zero-order valence-electron chi connectivity index (χ0n) is 10.5. The molecule has 15 heavy (non-hydrogen) atoms. The SMILES string of the molecule is CCCCCOC(=O)CC(N)C(C)(C)C. The molecule has 0 aromatic carbocycles. The molecule has 0 aliphatic carbocycles. The number of esters is 1. The first-order valence-corrected chi connectivity index (χ1v) is 5.79. The highest BCUT2D eigenvalue weighted by Crippen LogP contribution is 2.19. The van der Waals surface area contributed by atoms with Gasteiger partial charge in [0, 0.05) is 6.04 Å². The number of carbonyl (C=O) groups excluding carboxylic acids is 1. The molecule has 0 rings (SSSR count). The molecule has 0 heterocycles. The summed E-state index contributed by atoms with van der Waals surface area (Å²) in [7, 11) is 0. The summed E-state index contributed by atoms with van der Waals surface area (Å²) in [6.45, 7) is 8.74. The Morgan fingerprint density at radius 2 is 1.93 bits per heavy atom. The lowest BCUT2D eigenvalue weighted by molar-refractivity contribution is -0.144. The Morgan fingerprint density at radius 3 is 2.40 bits per heavy atom. The second-order valence-corrected chi connectivity index (χ2v) is 5.10. The molecule has 0 aliphatic rings. The lowest BCUT2D eigenvalue weighted by Crippen LogP contribution is -2.37. The molecule has 0 saturated heterocycles. The monoisotopic (exact) mass is 215 g/mol. The van der Waals surface area contributed by atoms with Crippen LogP contribution in [0.25, 0.3) is 0 Å². The zero-order chi connectivity index (χ0) is 11.9. The van der Waals surface area contributed by atoms with E-state index in [1.807, 2.05) is 20.8 Å². The number of unbranched alkanes of at least 4 members (excludes halogenated alkanes) is 2.